The molecule has 0 saturated heterocycles. The Bertz CT molecular complexity index is 1530. The van der Waals surface area contributed by atoms with E-state index in [1.807, 2.05) is 12.1 Å². The number of allylic oxidation sites excluding steroid dienone is 2. The van der Waals surface area contributed by atoms with Crippen molar-refractivity contribution in [2.24, 2.45) is 10.9 Å². The molecule has 0 saturated carbocycles. The molecule has 1 N–H and O–H groups in total. The summed E-state index contributed by atoms with van der Waals surface area (Å²) in [6.45, 7) is 2.28. The summed E-state index contributed by atoms with van der Waals surface area (Å²) in [7, 11) is 0. The van der Waals surface area contributed by atoms with Crippen LogP contribution in [-0.2, 0) is 6.61 Å². The predicted octanol–water partition coefficient (Wildman–Crippen LogP) is 8.94. The van der Waals surface area contributed by atoms with Crippen molar-refractivity contribution in [1.29, 1.82) is 0 Å². The number of halogens is 2. The number of fused-ring (bicyclic) bond motifs is 3. The standard InChI is InChI=1S/C33H28ClFN2O/c1-21-9-15-31-29(17-21)27-6-4-7-28(27)33(37-31)22-10-13-26(14-11-22)36-19-24-18-25(34)12-16-32(24)38-20-23-5-2-3-8-30(23)35/h2-6,8-19,27-28,33,37H,7,20H2,1H3/t27-,28+,33+/m1/s1. The van der Waals surface area contributed by atoms with Crippen molar-refractivity contribution < 1.29 is 9.13 Å². The minimum Gasteiger partial charge on any atom is -0.488 e. The van der Waals surface area contributed by atoms with Gasteiger partial charge in [-0.3, -0.25) is 4.99 Å². The van der Waals surface area contributed by atoms with Crippen molar-refractivity contribution in [3.63, 3.8) is 0 Å². The highest BCUT2D eigenvalue weighted by atomic mass is 35.5. The van der Waals surface area contributed by atoms with Crippen LogP contribution in [0.5, 0.6) is 5.75 Å². The van der Waals surface area contributed by atoms with E-state index in [9.17, 15) is 4.39 Å². The maximum absolute atomic E-state index is 14.0. The van der Waals surface area contributed by atoms with Crippen LogP contribution in [0.2, 0.25) is 5.02 Å². The van der Waals surface area contributed by atoms with Crippen LogP contribution in [0.3, 0.4) is 0 Å². The van der Waals surface area contributed by atoms with E-state index in [2.05, 4.69) is 59.7 Å². The summed E-state index contributed by atoms with van der Waals surface area (Å²) in [5, 5.41) is 4.38. The van der Waals surface area contributed by atoms with Gasteiger partial charge in [0.05, 0.1) is 11.7 Å². The number of hydrogen-bond donors (Lipinski definition) is 1. The Labute approximate surface area is 227 Å². The molecule has 4 aromatic rings. The number of hydrogen-bond acceptors (Lipinski definition) is 3. The third-order valence-corrected chi connectivity index (χ3v) is 7.67. The van der Waals surface area contributed by atoms with Crippen LogP contribution in [0.15, 0.2) is 102 Å². The van der Waals surface area contributed by atoms with E-state index in [4.69, 9.17) is 16.3 Å². The first-order valence-corrected chi connectivity index (χ1v) is 13.3. The molecule has 6 rings (SSSR count). The van der Waals surface area contributed by atoms with Gasteiger partial charge in [0.2, 0.25) is 0 Å². The van der Waals surface area contributed by atoms with Crippen LogP contribution in [-0.4, -0.2) is 6.21 Å². The van der Waals surface area contributed by atoms with Crippen molar-refractivity contribution >= 4 is 29.2 Å². The van der Waals surface area contributed by atoms with Gasteiger partial charge in [-0.2, -0.15) is 0 Å². The first-order chi connectivity index (χ1) is 18.5. The molecule has 0 bridgehead atoms. The van der Waals surface area contributed by atoms with E-state index >= 15 is 0 Å². The minimum atomic E-state index is -0.289. The zero-order valence-electron chi connectivity index (χ0n) is 21.1. The first kappa shape index (κ1) is 24.4. The average Bonchev–Trinajstić information content (AvgIpc) is 3.43. The van der Waals surface area contributed by atoms with Crippen LogP contribution in [0.4, 0.5) is 15.8 Å². The molecular formula is C33H28ClFN2O. The van der Waals surface area contributed by atoms with Gasteiger partial charge in [0.25, 0.3) is 0 Å². The third kappa shape index (κ3) is 4.97. The van der Waals surface area contributed by atoms with E-state index in [-0.39, 0.29) is 18.5 Å². The summed E-state index contributed by atoms with van der Waals surface area (Å²) >= 11 is 6.25. The van der Waals surface area contributed by atoms with Gasteiger partial charge in [-0.25, -0.2) is 4.39 Å². The van der Waals surface area contributed by atoms with Crippen LogP contribution in [0.25, 0.3) is 0 Å². The van der Waals surface area contributed by atoms with Crippen LogP contribution in [0.1, 0.15) is 46.2 Å². The van der Waals surface area contributed by atoms with E-state index in [1.165, 1.54) is 28.4 Å². The van der Waals surface area contributed by atoms with Gasteiger partial charge in [0.1, 0.15) is 18.2 Å². The quantitative estimate of drug-likeness (QED) is 0.202. The molecule has 3 nitrogen and oxygen atoms in total. The normalized spacial score (nSPS) is 19.7. The zero-order chi connectivity index (χ0) is 26.1. The van der Waals surface area contributed by atoms with Gasteiger partial charge >= 0.3 is 0 Å². The fourth-order valence-corrected chi connectivity index (χ4v) is 5.66. The fourth-order valence-electron chi connectivity index (χ4n) is 5.48. The Kier molecular flexibility index (Phi) is 6.73. The Hall–Kier alpha value is -3.89. The molecule has 0 unspecified atom stereocenters. The van der Waals surface area contributed by atoms with Crippen molar-refractivity contribution in [2.45, 2.75) is 31.9 Å². The number of aryl methyl sites for hydroxylation is 1. The van der Waals surface area contributed by atoms with E-state index in [0.717, 1.165) is 17.7 Å². The summed E-state index contributed by atoms with van der Waals surface area (Å²) in [5.74, 6) is 1.25. The van der Waals surface area contributed by atoms with Crippen LogP contribution in [0, 0.1) is 18.7 Å². The van der Waals surface area contributed by atoms with Gasteiger partial charge < -0.3 is 10.1 Å². The predicted molar refractivity (Wildman–Crippen MR) is 153 cm³/mol. The van der Waals surface area contributed by atoms with Gasteiger partial charge in [-0.1, -0.05) is 71.8 Å². The van der Waals surface area contributed by atoms with Gasteiger partial charge in [0, 0.05) is 34.0 Å². The molecule has 3 atom stereocenters. The molecule has 1 heterocycles. The van der Waals surface area contributed by atoms with Crippen molar-refractivity contribution in [3.05, 3.63) is 136 Å². The molecular weight excluding hydrogens is 495 g/mol. The molecule has 190 valence electrons. The van der Waals surface area contributed by atoms with E-state index in [1.54, 1.807) is 42.6 Å². The zero-order valence-corrected chi connectivity index (χ0v) is 21.8. The molecule has 1 aliphatic carbocycles. The van der Waals surface area contributed by atoms with Gasteiger partial charge in [-0.05, 0) is 72.9 Å². The van der Waals surface area contributed by atoms with Gasteiger partial charge in [0.15, 0.2) is 0 Å². The number of nitrogens with zero attached hydrogens (tertiary/aromatic N) is 1. The molecule has 0 aromatic heterocycles. The highest BCUT2D eigenvalue weighted by Gasteiger charge is 2.37. The molecule has 0 amide bonds. The number of nitrogens with one attached hydrogen (secondary N) is 1. The van der Waals surface area contributed by atoms with E-state index in [0.29, 0.717) is 28.2 Å². The summed E-state index contributed by atoms with van der Waals surface area (Å²) in [5.41, 5.74) is 7.24. The maximum Gasteiger partial charge on any atom is 0.129 e. The number of benzene rings is 4. The summed E-state index contributed by atoms with van der Waals surface area (Å²) in [4.78, 5) is 4.68. The molecule has 4 aromatic carbocycles. The lowest BCUT2D eigenvalue weighted by atomic mass is 9.76. The third-order valence-electron chi connectivity index (χ3n) is 7.44. The molecule has 5 heteroatoms. The monoisotopic (exact) mass is 522 g/mol. The van der Waals surface area contributed by atoms with E-state index < -0.39 is 0 Å². The summed E-state index contributed by atoms with van der Waals surface area (Å²) < 4.78 is 19.9. The lowest BCUT2D eigenvalue weighted by Gasteiger charge is -2.37. The highest BCUT2D eigenvalue weighted by molar-refractivity contribution is 6.30. The Morgan fingerprint density at radius 3 is 2.71 bits per heavy atom. The van der Waals surface area contributed by atoms with Crippen molar-refractivity contribution in [1.82, 2.24) is 0 Å². The molecule has 38 heavy (non-hydrogen) atoms. The number of ether oxygens (including phenoxy) is 1. The lowest BCUT2D eigenvalue weighted by Crippen LogP contribution is -2.29. The molecule has 1 aliphatic heterocycles. The molecule has 0 radical (unpaired) electrons. The number of aliphatic imine (C=N–C) groups is 1. The SMILES string of the molecule is Cc1ccc2c(c1)[C@@H]1C=CC[C@@H]1[C@H](c1ccc(N=Cc3cc(Cl)ccc3OCc3ccccc3F)cc1)N2. The second-order valence-electron chi connectivity index (χ2n) is 9.98. The first-order valence-electron chi connectivity index (χ1n) is 12.9. The lowest BCUT2D eigenvalue weighted by molar-refractivity contribution is 0.299. The highest BCUT2D eigenvalue weighted by Crippen LogP contribution is 2.50. The second kappa shape index (κ2) is 10.5. The average molecular weight is 523 g/mol. The number of rotatable bonds is 6. The smallest absolute Gasteiger partial charge is 0.129 e. The minimum absolute atomic E-state index is 0.123. The van der Waals surface area contributed by atoms with Gasteiger partial charge in [-0.15, -0.1) is 0 Å². The van der Waals surface area contributed by atoms with Crippen molar-refractivity contribution in [3.8, 4) is 5.75 Å². The Balaban J connectivity index is 1.20. The Morgan fingerprint density at radius 1 is 1.03 bits per heavy atom. The molecule has 0 spiro atoms. The summed E-state index contributed by atoms with van der Waals surface area (Å²) in [6, 6.07) is 27.3. The maximum atomic E-state index is 14.0. The topological polar surface area (TPSA) is 33.6 Å². The Morgan fingerprint density at radius 2 is 1.87 bits per heavy atom. The fraction of sp³-hybridized carbons (Fsp3) is 0.182. The van der Waals surface area contributed by atoms with Crippen molar-refractivity contribution in [2.75, 3.05) is 5.32 Å². The largest absolute Gasteiger partial charge is 0.488 e. The second-order valence-corrected chi connectivity index (χ2v) is 10.4. The summed E-state index contributed by atoms with van der Waals surface area (Å²) in [6.07, 6.45) is 7.50. The van der Waals surface area contributed by atoms with Crippen LogP contribution < -0.4 is 10.1 Å². The molecule has 2 aliphatic rings. The van der Waals surface area contributed by atoms with Crippen LogP contribution >= 0.6 is 11.6 Å². The number of anilines is 1. The molecule has 0 fully saturated rings.